The van der Waals surface area contributed by atoms with Crippen molar-refractivity contribution in [2.24, 2.45) is 0 Å². The van der Waals surface area contributed by atoms with Crippen molar-refractivity contribution in [3.8, 4) is 11.3 Å². The third kappa shape index (κ3) is 4.25. The van der Waals surface area contributed by atoms with Crippen LogP contribution in [0.3, 0.4) is 0 Å². The lowest BCUT2D eigenvalue weighted by Crippen LogP contribution is -2.46. The highest BCUT2D eigenvalue weighted by Crippen LogP contribution is 2.26. The largest absolute Gasteiger partial charge is 0.348 e. The maximum atomic E-state index is 12.3. The molecule has 1 aliphatic heterocycles. The van der Waals surface area contributed by atoms with Crippen molar-refractivity contribution in [1.29, 1.82) is 0 Å². The Morgan fingerprint density at radius 3 is 2.91 bits per heavy atom. The zero-order valence-corrected chi connectivity index (χ0v) is 14.4. The number of piperidine rings is 1. The van der Waals surface area contributed by atoms with Crippen LogP contribution in [0.2, 0.25) is 5.02 Å². The third-order valence-electron chi connectivity index (χ3n) is 3.93. The van der Waals surface area contributed by atoms with Gasteiger partial charge in [0.15, 0.2) is 0 Å². The van der Waals surface area contributed by atoms with Crippen LogP contribution in [-0.2, 0) is 0 Å². The molecule has 1 aromatic carbocycles. The number of aromatic amines is 1. The summed E-state index contributed by atoms with van der Waals surface area (Å²) in [6.45, 7) is 3.06. The van der Waals surface area contributed by atoms with E-state index in [1.807, 2.05) is 24.3 Å². The molecule has 1 fully saturated rings. The Balaban J connectivity index is 0.00000192. The first-order valence-corrected chi connectivity index (χ1v) is 7.86. The molecule has 23 heavy (non-hydrogen) atoms. The molecule has 1 saturated heterocycles. The summed E-state index contributed by atoms with van der Waals surface area (Å²) in [6.07, 6.45) is 1.89. The number of halogens is 2. The zero-order chi connectivity index (χ0) is 15.5. The van der Waals surface area contributed by atoms with Gasteiger partial charge in [-0.3, -0.25) is 9.89 Å². The van der Waals surface area contributed by atoms with E-state index in [0.29, 0.717) is 22.5 Å². The van der Waals surface area contributed by atoms with Crippen LogP contribution in [0.1, 0.15) is 30.3 Å². The maximum absolute atomic E-state index is 12.3. The molecule has 124 valence electrons. The lowest BCUT2D eigenvalue weighted by atomic mass is 10.0. The number of nitrogens with zero attached hydrogens (tertiary/aromatic N) is 1. The lowest BCUT2D eigenvalue weighted by Gasteiger charge is -2.28. The van der Waals surface area contributed by atoms with Crippen LogP contribution in [-0.4, -0.2) is 34.7 Å². The van der Waals surface area contributed by atoms with Crippen molar-refractivity contribution in [2.75, 3.05) is 6.54 Å². The van der Waals surface area contributed by atoms with E-state index in [9.17, 15) is 4.79 Å². The van der Waals surface area contributed by atoms with E-state index in [2.05, 4.69) is 27.8 Å². The molecule has 2 heterocycles. The second-order valence-corrected chi connectivity index (χ2v) is 6.10. The molecule has 3 N–H and O–H groups in total. The smallest absolute Gasteiger partial charge is 0.269 e. The Kier molecular flexibility index (Phi) is 6.04. The van der Waals surface area contributed by atoms with E-state index in [4.69, 9.17) is 11.6 Å². The van der Waals surface area contributed by atoms with Gasteiger partial charge in [0, 0.05) is 17.6 Å². The number of H-pyrrole nitrogens is 1. The molecular formula is C16H20Cl2N4O. The summed E-state index contributed by atoms with van der Waals surface area (Å²) in [5, 5.41) is 14.0. The topological polar surface area (TPSA) is 69.8 Å². The highest BCUT2D eigenvalue weighted by Gasteiger charge is 2.21. The summed E-state index contributed by atoms with van der Waals surface area (Å²) in [5.74, 6) is -0.120. The number of hydrogen-bond donors (Lipinski definition) is 3. The van der Waals surface area contributed by atoms with E-state index in [1.165, 1.54) is 0 Å². The minimum atomic E-state index is -0.120. The molecule has 1 aromatic heterocycles. The molecule has 0 saturated carbocycles. The summed E-state index contributed by atoms with van der Waals surface area (Å²) < 4.78 is 0. The Hall–Kier alpha value is -1.56. The predicted octanol–water partition coefficient (Wildman–Crippen LogP) is 3.02. The number of benzene rings is 1. The standard InChI is InChI=1S/C16H19ClN4O.ClH/c1-10-8-11(6-7-18-10)19-16(22)15-9-14(20-21-15)12-4-2-3-5-13(12)17;/h2-5,9-11,18H,6-8H2,1H3,(H,19,22)(H,20,21);1H. The molecule has 0 spiro atoms. The number of nitrogens with one attached hydrogen (secondary N) is 3. The Morgan fingerprint density at radius 1 is 1.39 bits per heavy atom. The average Bonchev–Trinajstić information content (AvgIpc) is 2.97. The summed E-state index contributed by atoms with van der Waals surface area (Å²) in [4.78, 5) is 12.3. The normalized spacial score (nSPS) is 20.6. The Bertz CT molecular complexity index is 674. The van der Waals surface area contributed by atoms with Crippen molar-refractivity contribution in [1.82, 2.24) is 20.8 Å². The van der Waals surface area contributed by atoms with Crippen molar-refractivity contribution in [2.45, 2.75) is 31.8 Å². The molecule has 0 bridgehead atoms. The molecule has 5 nitrogen and oxygen atoms in total. The number of rotatable bonds is 3. The number of hydrogen-bond acceptors (Lipinski definition) is 3. The van der Waals surface area contributed by atoms with Gasteiger partial charge in [-0.05, 0) is 38.4 Å². The maximum Gasteiger partial charge on any atom is 0.269 e. The SMILES string of the molecule is CC1CC(NC(=O)c2cc(-c3ccccc3Cl)n[nH]2)CCN1.Cl. The summed E-state index contributed by atoms with van der Waals surface area (Å²) >= 11 is 6.16. The molecule has 2 unspecified atom stereocenters. The van der Waals surface area contributed by atoms with Crippen molar-refractivity contribution < 1.29 is 4.79 Å². The van der Waals surface area contributed by atoms with Gasteiger partial charge in [0.25, 0.3) is 5.91 Å². The molecule has 7 heteroatoms. The summed E-state index contributed by atoms with van der Waals surface area (Å²) in [7, 11) is 0. The van der Waals surface area contributed by atoms with Crippen LogP contribution in [0, 0.1) is 0 Å². The van der Waals surface area contributed by atoms with Gasteiger partial charge in [-0.2, -0.15) is 5.10 Å². The van der Waals surface area contributed by atoms with Crippen LogP contribution >= 0.6 is 24.0 Å². The first kappa shape index (κ1) is 17.8. The highest BCUT2D eigenvalue weighted by molar-refractivity contribution is 6.33. The number of aromatic nitrogens is 2. The van der Waals surface area contributed by atoms with Gasteiger partial charge >= 0.3 is 0 Å². The number of carbonyl (C=O) groups excluding carboxylic acids is 1. The monoisotopic (exact) mass is 354 g/mol. The van der Waals surface area contributed by atoms with Gasteiger partial charge in [0.1, 0.15) is 5.69 Å². The number of amides is 1. The zero-order valence-electron chi connectivity index (χ0n) is 12.8. The molecule has 1 amide bonds. The number of carbonyl (C=O) groups is 1. The van der Waals surface area contributed by atoms with E-state index < -0.39 is 0 Å². The van der Waals surface area contributed by atoms with Crippen LogP contribution in [0.4, 0.5) is 0 Å². The Labute approximate surface area is 146 Å². The van der Waals surface area contributed by atoms with E-state index in [1.54, 1.807) is 6.07 Å². The first-order chi connectivity index (χ1) is 10.6. The minimum Gasteiger partial charge on any atom is -0.348 e. The minimum absolute atomic E-state index is 0. The third-order valence-corrected chi connectivity index (χ3v) is 4.26. The van der Waals surface area contributed by atoms with Gasteiger partial charge in [-0.1, -0.05) is 29.8 Å². The van der Waals surface area contributed by atoms with Crippen molar-refractivity contribution in [3.63, 3.8) is 0 Å². The summed E-state index contributed by atoms with van der Waals surface area (Å²) in [6, 6.07) is 9.82. The van der Waals surface area contributed by atoms with Gasteiger partial charge in [0.2, 0.25) is 0 Å². The van der Waals surface area contributed by atoms with Gasteiger partial charge < -0.3 is 10.6 Å². The fourth-order valence-corrected chi connectivity index (χ4v) is 3.00. The van der Waals surface area contributed by atoms with E-state index in [-0.39, 0.29) is 24.4 Å². The fraction of sp³-hybridized carbons (Fsp3) is 0.375. The molecular weight excluding hydrogens is 335 g/mol. The Morgan fingerprint density at radius 2 is 2.17 bits per heavy atom. The molecule has 3 rings (SSSR count). The molecule has 0 radical (unpaired) electrons. The first-order valence-electron chi connectivity index (χ1n) is 7.48. The van der Waals surface area contributed by atoms with Crippen molar-refractivity contribution >= 4 is 29.9 Å². The second kappa shape index (κ2) is 7.81. The molecule has 2 aromatic rings. The second-order valence-electron chi connectivity index (χ2n) is 5.70. The van der Waals surface area contributed by atoms with Gasteiger partial charge in [0.05, 0.1) is 10.7 Å². The quantitative estimate of drug-likeness (QED) is 0.793. The molecule has 1 aliphatic rings. The van der Waals surface area contributed by atoms with E-state index >= 15 is 0 Å². The highest BCUT2D eigenvalue weighted by atomic mass is 35.5. The van der Waals surface area contributed by atoms with Gasteiger partial charge in [-0.25, -0.2) is 0 Å². The van der Waals surface area contributed by atoms with Crippen LogP contribution < -0.4 is 10.6 Å². The molecule has 0 aliphatic carbocycles. The molecule has 2 atom stereocenters. The predicted molar refractivity (Wildman–Crippen MR) is 94.2 cm³/mol. The van der Waals surface area contributed by atoms with Crippen molar-refractivity contribution in [3.05, 3.63) is 41.0 Å². The van der Waals surface area contributed by atoms with Crippen LogP contribution in [0.5, 0.6) is 0 Å². The fourth-order valence-electron chi connectivity index (χ4n) is 2.77. The summed E-state index contributed by atoms with van der Waals surface area (Å²) in [5.41, 5.74) is 1.95. The van der Waals surface area contributed by atoms with Crippen LogP contribution in [0.15, 0.2) is 30.3 Å². The van der Waals surface area contributed by atoms with Gasteiger partial charge in [-0.15, -0.1) is 12.4 Å². The van der Waals surface area contributed by atoms with Crippen LogP contribution in [0.25, 0.3) is 11.3 Å². The van der Waals surface area contributed by atoms with E-state index in [0.717, 1.165) is 24.9 Å². The average molecular weight is 355 g/mol. The lowest BCUT2D eigenvalue weighted by molar-refractivity contribution is 0.0920.